The Balaban J connectivity index is 3.92. The monoisotopic (exact) mass is 248 g/mol. The zero-order valence-electron chi connectivity index (χ0n) is 9.95. The fourth-order valence-electron chi connectivity index (χ4n) is 1.13. The van der Waals surface area contributed by atoms with Crippen molar-refractivity contribution in [3.8, 4) is 0 Å². The predicted octanol–water partition coefficient (Wildman–Crippen LogP) is 1.29. The van der Waals surface area contributed by atoms with Gasteiger partial charge in [-0.2, -0.15) is 11.8 Å². The molecule has 0 aromatic carbocycles. The van der Waals surface area contributed by atoms with Gasteiger partial charge in [0, 0.05) is 6.04 Å². The second kappa shape index (κ2) is 8.27. The zero-order valence-corrected chi connectivity index (χ0v) is 10.8. The molecule has 3 N–H and O–H groups in total. The van der Waals surface area contributed by atoms with E-state index in [1.54, 1.807) is 18.7 Å². The van der Waals surface area contributed by atoms with E-state index >= 15 is 0 Å². The Bertz CT molecular complexity index is 236. The number of hydrogen-bond acceptors (Lipinski definition) is 3. The molecule has 0 rings (SSSR count). The van der Waals surface area contributed by atoms with Gasteiger partial charge in [-0.05, 0) is 31.8 Å². The first-order valence-corrected chi connectivity index (χ1v) is 6.69. The summed E-state index contributed by atoms with van der Waals surface area (Å²) in [5.41, 5.74) is 0. The number of hydrogen-bond donors (Lipinski definition) is 3. The van der Waals surface area contributed by atoms with Crippen LogP contribution in [0.1, 0.15) is 26.7 Å². The molecule has 0 aliphatic heterocycles. The molecule has 2 amide bonds. The first-order chi connectivity index (χ1) is 7.51. The van der Waals surface area contributed by atoms with Crippen LogP contribution in [0, 0.1) is 0 Å². The molecule has 94 valence electrons. The Morgan fingerprint density at radius 2 is 2.00 bits per heavy atom. The number of aliphatic carboxylic acids is 1. The highest BCUT2D eigenvalue weighted by atomic mass is 32.2. The third-order valence-electron chi connectivity index (χ3n) is 2.14. The highest BCUT2D eigenvalue weighted by Crippen LogP contribution is 1.99. The summed E-state index contributed by atoms with van der Waals surface area (Å²) in [6.07, 6.45) is 3.25. The Morgan fingerprint density at radius 1 is 1.38 bits per heavy atom. The molecule has 0 radical (unpaired) electrons. The average Bonchev–Trinajstić information content (AvgIpc) is 2.22. The van der Waals surface area contributed by atoms with Crippen LogP contribution >= 0.6 is 11.8 Å². The Hall–Kier alpha value is -0.910. The summed E-state index contributed by atoms with van der Waals surface area (Å²) in [7, 11) is 0. The van der Waals surface area contributed by atoms with Crippen LogP contribution in [0.2, 0.25) is 0 Å². The van der Waals surface area contributed by atoms with Gasteiger partial charge < -0.3 is 15.7 Å². The largest absolute Gasteiger partial charge is 0.480 e. The van der Waals surface area contributed by atoms with Gasteiger partial charge in [0.1, 0.15) is 6.04 Å². The van der Waals surface area contributed by atoms with Crippen molar-refractivity contribution >= 4 is 23.8 Å². The van der Waals surface area contributed by atoms with Gasteiger partial charge in [-0.1, -0.05) is 6.92 Å². The Labute approximate surface area is 100 Å². The number of carboxylic acids is 1. The molecule has 0 aliphatic rings. The zero-order chi connectivity index (χ0) is 12.6. The number of urea groups is 1. The molecule has 0 saturated heterocycles. The van der Waals surface area contributed by atoms with Crippen molar-refractivity contribution in [2.45, 2.75) is 38.8 Å². The van der Waals surface area contributed by atoms with E-state index in [0.717, 1.165) is 12.2 Å². The van der Waals surface area contributed by atoms with E-state index < -0.39 is 18.0 Å². The van der Waals surface area contributed by atoms with Gasteiger partial charge in [-0.25, -0.2) is 9.59 Å². The predicted molar refractivity (Wildman–Crippen MR) is 65.8 cm³/mol. The second-order valence-corrected chi connectivity index (χ2v) is 4.58. The second-order valence-electron chi connectivity index (χ2n) is 3.60. The van der Waals surface area contributed by atoms with Crippen molar-refractivity contribution in [1.82, 2.24) is 10.6 Å². The van der Waals surface area contributed by atoms with Gasteiger partial charge in [0.2, 0.25) is 0 Å². The summed E-state index contributed by atoms with van der Waals surface area (Å²) in [6, 6.07) is -1.17. The molecule has 0 aliphatic carbocycles. The molecule has 0 heterocycles. The van der Waals surface area contributed by atoms with Crippen LogP contribution in [0.15, 0.2) is 0 Å². The molecule has 0 saturated carbocycles. The molecule has 6 heteroatoms. The van der Waals surface area contributed by atoms with E-state index in [4.69, 9.17) is 5.11 Å². The fraction of sp³-hybridized carbons (Fsp3) is 0.800. The summed E-state index contributed by atoms with van der Waals surface area (Å²) in [6.45, 7) is 3.62. The molecular formula is C10H20N2O3S. The van der Waals surface area contributed by atoms with Crippen LogP contribution < -0.4 is 10.6 Å². The molecule has 1 unspecified atom stereocenters. The van der Waals surface area contributed by atoms with Gasteiger partial charge in [0.25, 0.3) is 0 Å². The maximum atomic E-state index is 11.4. The first-order valence-electron chi connectivity index (χ1n) is 5.30. The van der Waals surface area contributed by atoms with Gasteiger partial charge in [-0.3, -0.25) is 0 Å². The van der Waals surface area contributed by atoms with Crippen molar-refractivity contribution in [2.75, 3.05) is 12.0 Å². The topological polar surface area (TPSA) is 78.4 Å². The maximum Gasteiger partial charge on any atom is 0.326 e. The van der Waals surface area contributed by atoms with E-state index in [-0.39, 0.29) is 6.04 Å². The molecule has 0 fully saturated rings. The summed E-state index contributed by atoms with van der Waals surface area (Å²) in [5.74, 6) is -0.0353. The first kappa shape index (κ1) is 15.1. The Kier molecular flexibility index (Phi) is 7.80. The van der Waals surface area contributed by atoms with Crippen molar-refractivity contribution in [1.29, 1.82) is 0 Å². The Morgan fingerprint density at radius 3 is 2.44 bits per heavy atom. The molecule has 16 heavy (non-hydrogen) atoms. The van der Waals surface area contributed by atoms with E-state index in [1.807, 2.05) is 13.2 Å². The molecule has 0 aromatic rings. The molecule has 0 aromatic heterocycles. The smallest absolute Gasteiger partial charge is 0.326 e. The lowest BCUT2D eigenvalue weighted by atomic mass is 10.2. The minimum atomic E-state index is -1.01. The van der Waals surface area contributed by atoms with Crippen LogP contribution in [0.25, 0.3) is 0 Å². The molecule has 5 nitrogen and oxygen atoms in total. The van der Waals surface area contributed by atoms with E-state index in [1.165, 1.54) is 0 Å². The summed E-state index contributed by atoms with van der Waals surface area (Å²) in [4.78, 5) is 22.1. The quantitative estimate of drug-likeness (QED) is 0.634. The van der Waals surface area contributed by atoms with E-state index in [9.17, 15) is 9.59 Å². The number of carboxylic acid groups (broad SMARTS) is 1. The van der Waals surface area contributed by atoms with Crippen LogP contribution in [0.5, 0.6) is 0 Å². The summed E-state index contributed by atoms with van der Waals surface area (Å²) >= 11 is 1.71. The lowest BCUT2D eigenvalue weighted by Gasteiger charge is -2.17. The van der Waals surface area contributed by atoms with Crippen molar-refractivity contribution in [3.05, 3.63) is 0 Å². The number of nitrogens with one attached hydrogen (secondary N) is 2. The standard InChI is InChI=1S/C10H20N2O3S/c1-4-8(9(13)14)12-10(15)11-7(2)5-6-16-3/h7-8H,4-6H2,1-3H3,(H,13,14)(H2,11,12,15)/t7?,8-/m0/s1. The lowest BCUT2D eigenvalue weighted by Crippen LogP contribution is -2.48. The van der Waals surface area contributed by atoms with Gasteiger partial charge >= 0.3 is 12.0 Å². The molecule has 0 bridgehead atoms. The number of amides is 2. The SMILES string of the molecule is CC[C@H](NC(=O)NC(C)CCSC)C(=O)O. The third-order valence-corrected chi connectivity index (χ3v) is 2.79. The van der Waals surface area contributed by atoms with E-state index in [2.05, 4.69) is 10.6 Å². The lowest BCUT2D eigenvalue weighted by molar-refractivity contribution is -0.139. The highest BCUT2D eigenvalue weighted by Gasteiger charge is 2.17. The normalized spacial score (nSPS) is 13.9. The number of carbonyl (C=O) groups excluding carboxylic acids is 1. The third kappa shape index (κ3) is 6.55. The number of thioether (sulfide) groups is 1. The minimum Gasteiger partial charge on any atom is -0.480 e. The van der Waals surface area contributed by atoms with Crippen molar-refractivity contribution in [2.24, 2.45) is 0 Å². The average molecular weight is 248 g/mol. The van der Waals surface area contributed by atoms with Gasteiger partial charge in [-0.15, -0.1) is 0 Å². The van der Waals surface area contributed by atoms with Crippen molar-refractivity contribution in [3.63, 3.8) is 0 Å². The minimum absolute atomic E-state index is 0.0544. The molecular weight excluding hydrogens is 228 g/mol. The van der Waals surface area contributed by atoms with Crippen LogP contribution in [-0.4, -0.2) is 41.2 Å². The van der Waals surface area contributed by atoms with Crippen molar-refractivity contribution < 1.29 is 14.7 Å². The van der Waals surface area contributed by atoms with Gasteiger partial charge in [0.15, 0.2) is 0 Å². The fourth-order valence-corrected chi connectivity index (χ4v) is 1.72. The highest BCUT2D eigenvalue weighted by molar-refractivity contribution is 7.98. The number of carbonyl (C=O) groups is 2. The summed E-state index contributed by atoms with van der Waals surface area (Å²) in [5, 5.41) is 13.9. The van der Waals surface area contributed by atoms with Crippen LogP contribution in [0.3, 0.4) is 0 Å². The van der Waals surface area contributed by atoms with E-state index in [0.29, 0.717) is 6.42 Å². The maximum absolute atomic E-state index is 11.4. The molecule has 0 spiro atoms. The van der Waals surface area contributed by atoms with Crippen LogP contribution in [0.4, 0.5) is 4.79 Å². The molecule has 2 atom stereocenters. The van der Waals surface area contributed by atoms with Gasteiger partial charge in [0.05, 0.1) is 0 Å². The van der Waals surface area contributed by atoms with Crippen LogP contribution in [-0.2, 0) is 4.79 Å². The summed E-state index contributed by atoms with van der Waals surface area (Å²) < 4.78 is 0. The number of rotatable bonds is 7.